The van der Waals surface area contributed by atoms with Crippen LogP contribution in [-0.2, 0) is 0 Å². The minimum Gasteiger partial charge on any atom is -0.384 e. The molecule has 0 bridgehead atoms. The summed E-state index contributed by atoms with van der Waals surface area (Å²) in [7, 11) is 3.26. The van der Waals surface area contributed by atoms with Crippen LogP contribution >= 0.6 is 11.6 Å². The van der Waals surface area contributed by atoms with Crippen LogP contribution in [-0.4, -0.2) is 49.0 Å². The molecular weight excluding hydrogens is 270 g/mol. The number of rotatable bonds is 4. The van der Waals surface area contributed by atoms with E-state index in [9.17, 15) is 9.59 Å². The van der Waals surface area contributed by atoms with Crippen LogP contribution in [0.2, 0.25) is 5.02 Å². The third-order valence-electron chi connectivity index (χ3n) is 2.21. The Bertz CT molecular complexity index is 478. The third-order valence-corrected chi connectivity index (χ3v) is 2.52. The normalized spacial score (nSPS) is 9.84. The maximum Gasteiger partial charge on any atom is 0.316 e. The Morgan fingerprint density at radius 3 is 2.63 bits per heavy atom. The molecule has 0 atom stereocenters. The Kier molecular flexibility index (Phi) is 5.37. The molecule has 19 heavy (non-hydrogen) atoms. The van der Waals surface area contributed by atoms with Crippen molar-refractivity contribution < 1.29 is 9.59 Å². The molecule has 0 aliphatic carbocycles. The van der Waals surface area contributed by atoms with Crippen molar-refractivity contribution in [2.75, 3.05) is 32.9 Å². The van der Waals surface area contributed by atoms with Crippen LogP contribution in [0, 0.1) is 0 Å². The average Bonchev–Trinajstić information content (AvgIpc) is 2.36. The number of nitrogens with two attached hydrogens (primary N) is 1. The molecule has 104 valence electrons. The van der Waals surface area contributed by atoms with Crippen molar-refractivity contribution >= 4 is 29.4 Å². The lowest BCUT2D eigenvalue weighted by atomic mass is 10.2. The molecule has 7 nitrogen and oxygen atoms in total. The fourth-order valence-corrected chi connectivity index (χ4v) is 1.42. The SMILES string of the molecule is CN(C)C(=O)NCCNC(=O)c1cc(N)ncc1Cl. The fourth-order valence-electron chi connectivity index (χ4n) is 1.23. The largest absolute Gasteiger partial charge is 0.384 e. The highest BCUT2D eigenvalue weighted by atomic mass is 35.5. The van der Waals surface area contributed by atoms with Gasteiger partial charge in [-0.2, -0.15) is 0 Å². The molecule has 8 heteroatoms. The van der Waals surface area contributed by atoms with Crippen molar-refractivity contribution in [3.05, 3.63) is 22.8 Å². The molecular formula is C11H16ClN5O2. The summed E-state index contributed by atoms with van der Waals surface area (Å²) < 4.78 is 0. The quantitative estimate of drug-likeness (QED) is 0.694. The number of nitrogens with one attached hydrogen (secondary N) is 2. The van der Waals surface area contributed by atoms with Gasteiger partial charge in [0.15, 0.2) is 0 Å². The van der Waals surface area contributed by atoms with E-state index in [-0.39, 0.29) is 34.9 Å². The first-order valence-corrected chi connectivity index (χ1v) is 5.94. The molecule has 0 aromatic carbocycles. The number of halogens is 1. The summed E-state index contributed by atoms with van der Waals surface area (Å²) in [5.74, 6) is -0.145. The second kappa shape index (κ2) is 6.79. The van der Waals surface area contributed by atoms with Gasteiger partial charge in [-0.25, -0.2) is 9.78 Å². The van der Waals surface area contributed by atoms with Crippen LogP contribution < -0.4 is 16.4 Å². The zero-order chi connectivity index (χ0) is 14.4. The lowest BCUT2D eigenvalue weighted by Gasteiger charge is -2.12. The van der Waals surface area contributed by atoms with Crippen molar-refractivity contribution in [1.82, 2.24) is 20.5 Å². The number of anilines is 1. The standard InChI is InChI=1S/C11H16ClN5O2/c1-17(2)11(19)15-4-3-14-10(18)7-5-9(13)16-6-8(7)12/h5-6H,3-4H2,1-2H3,(H2,13,16)(H,14,18)(H,15,19). The smallest absolute Gasteiger partial charge is 0.316 e. The summed E-state index contributed by atoms with van der Waals surface area (Å²) in [4.78, 5) is 28.2. The van der Waals surface area contributed by atoms with Gasteiger partial charge in [0.05, 0.1) is 10.6 Å². The summed E-state index contributed by atoms with van der Waals surface area (Å²) in [6, 6.07) is 1.18. The number of nitrogens with zero attached hydrogens (tertiary/aromatic N) is 2. The number of carbonyl (C=O) groups is 2. The number of pyridine rings is 1. The second-order valence-corrected chi connectivity index (χ2v) is 4.38. The highest BCUT2D eigenvalue weighted by Crippen LogP contribution is 2.15. The highest BCUT2D eigenvalue weighted by Gasteiger charge is 2.11. The Morgan fingerprint density at radius 1 is 1.37 bits per heavy atom. The van der Waals surface area contributed by atoms with Crippen LogP contribution in [0.4, 0.5) is 10.6 Å². The highest BCUT2D eigenvalue weighted by molar-refractivity contribution is 6.33. The van der Waals surface area contributed by atoms with Crippen molar-refractivity contribution in [3.8, 4) is 0 Å². The van der Waals surface area contributed by atoms with Gasteiger partial charge < -0.3 is 21.3 Å². The summed E-state index contributed by atoms with van der Waals surface area (Å²) in [6.07, 6.45) is 1.32. The Balaban J connectivity index is 2.44. The summed E-state index contributed by atoms with van der Waals surface area (Å²) >= 11 is 5.84. The minimum absolute atomic E-state index is 0.218. The van der Waals surface area contributed by atoms with E-state index in [1.54, 1.807) is 14.1 Å². The molecule has 0 aliphatic heterocycles. The van der Waals surface area contributed by atoms with Crippen LogP contribution in [0.1, 0.15) is 10.4 Å². The Labute approximate surface area is 116 Å². The number of nitrogen functional groups attached to an aromatic ring is 1. The molecule has 0 unspecified atom stereocenters. The van der Waals surface area contributed by atoms with E-state index in [1.807, 2.05) is 0 Å². The van der Waals surface area contributed by atoms with Crippen LogP contribution in [0.25, 0.3) is 0 Å². The number of hydrogen-bond donors (Lipinski definition) is 3. The number of hydrogen-bond acceptors (Lipinski definition) is 4. The van der Waals surface area contributed by atoms with E-state index < -0.39 is 0 Å². The van der Waals surface area contributed by atoms with E-state index in [1.165, 1.54) is 17.2 Å². The first-order chi connectivity index (χ1) is 8.91. The summed E-state index contributed by atoms with van der Waals surface area (Å²) in [5.41, 5.74) is 5.74. The lowest BCUT2D eigenvalue weighted by molar-refractivity contribution is 0.0953. The van der Waals surface area contributed by atoms with Crippen molar-refractivity contribution in [2.24, 2.45) is 0 Å². The molecule has 0 saturated heterocycles. The molecule has 3 amide bonds. The molecule has 1 heterocycles. The number of aromatic nitrogens is 1. The molecule has 1 aromatic heterocycles. The second-order valence-electron chi connectivity index (χ2n) is 3.97. The zero-order valence-electron chi connectivity index (χ0n) is 10.7. The minimum atomic E-state index is -0.363. The number of carbonyl (C=O) groups excluding carboxylic acids is 2. The first kappa shape index (κ1) is 15.0. The van der Waals surface area contributed by atoms with Crippen molar-refractivity contribution in [3.63, 3.8) is 0 Å². The van der Waals surface area contributed by atoms with Gasteiger partial charge in [-0.1, -0.05) is 11.6 Å². The molecule has 1 rings (SSSR count). The molecule has 0 radical (unpaired) electrons. The summed E-state index contributed by atoms with van der Waals surface area (Å²) in [5, 5.41) is 5.46. The van der Waals surface area contributed by atoms with Gasteiger partial charge in [0, 0.05) is 33.4 Å². The van der Waals surface area contributed by atoms with Gasteiger partial charge in [-0.15, -0.1) is 0 Å². The van der Waals surface area contributed by atoms with E-state index in [4.69, 9.17) is 17.3 Å². The predicted octanol–water partition coefficient (Wildman–Crippen LogP) is 0.318. The lowest BCUT2D eigenvalue weighted by Crippen LogP contribution is -2.39. The van der Waals surface area contributed by atoms with E-state index >= 15 is 0 Å². The topological polar surface area (TPSA) is 100 Å². The fraction of sp³-hybridized carbons (Fsp3) is 0.364. The van der Waals surface area contributed by atoms with Gasteiger partial charge in [-0.05, 0) is 6.07 Å². The molecule has 1 aromatic rings. The van der Waals surface area contributed by atoms with Gasteiger partial charge in [0.2, 0.25) is 0 Å². The maximum atomic E-state index is 11.8. The van der Waals surface area contributed by atoms with E-state index in [0.29, 0.717) is 6.54 Å². The van der Waals surface area contributed by atoms with Crippen LogP contribution in [0.3, 0.4) is 0 Å². The average molecular weight is 286 g/mol. The predicted molar refractivity (Wildman–Crippen MR) is 73.1 cm³/mol. The molecule has 0 fully saturated rings. The number of amides is 3. The van der Waals surface area contributed by atoms with Gasteiger partial charge >= 0.3 is 6.03 Å². The van der Waals surface area contributed by atoms with Gasteiger partial charge in [0.25, 0.3) is 5.91 Å². The maximum absolute atomic E-state index is 11.8. The van der Waals surface area contributed by atoms with E-state index in [0.717, 1.165) is 0 Å². The van der Waals surface area contributed by atoms with E-state index in [2.05, 4.69) is 15.6 Å². The number of urea groups is 1. The Morgan fingerprint density at radius 2 is 2.00 bits per heavy atom. The molecule has 0 saturated carbocycles. The van der Waals surface area contributed by atoms with Crippen LogP contribution in [0.15, 0.2) is 12.3 Å². The van der Waals surface area contributed by atoms with Crippen molar-refractivity contribution in [2.45, 2.75) is 0 Å². The van der Waals surface area contributed by atoms with Gasteiger partial charge in [-0.3, -0.25) is 4.79 Å². The molecule has 0 aliphatic rings. The zero-order valence-corrected chi connectivity index (χ0v) is 11.5. The van der Waals surface area contributed by atoms with Crippen LogP contribution in [0.5, 0.6) is 0 Å². The van der Waals surface area contributed by atoms with Crippen molar-refractivity contribution in [1.29, 1.82) is 0 Å². The molecule has 0 spiro atoms. The molecule has 4 N–H and O–H groups in total. The first-order valence-electron chi connectivity index (χ1n) is 5.56. The monoisotopic (exact) mass is 285 g/mol. The van der Waals surface area contributed by atoms with Gasteiger partial charge in [0.1, 0.15) is 5.82 Å². The third kappa shape index (κ3) is 4.63. The Hall–Kier alpha value is -2.02. The summed E-state index contributed by atoms with van der Waals surface area (Å²) in [6.45, 7) is 0.609.